The van der Waals surface area contributed by atoms with Crippen molar-refractivity contribution in [2.75, 3.05) is 11.1 Å². The van der Waals surface area contributed by atoms with Crippen LogP contribution in [0, 0.1) is 5.82 Å². The highest BCUT2D eigenvalue weighted by Gasteiger charge is 2.05. The summed E-state index contributed by atoms with van der Waals surface area (Å²) in [5.74, 6) is -0.326. The maximum Gasteiger partial charge on any atom is 0.127 e. The SMILES string of the molecule is CC(Nc1cc(N)cc(F)c1)c1ccccc1. The molecule has 2 rings (SSSR count). The van der Waals surface area contributed by atoms with Gasteiger partial charge in [-0.2, -0.15) is 0 Å². The molecule has 0 fully saturated rings. The highest BCUT2D eigenvalue weighted by Crippen LogP contribution is 2.21. The monoisotopic (exact) mass is 230 g/mol. The lowest BCUT2D eigenvalue weighted by atomic mass is 10.1. The van der Waals surface area contributed by atoms with Crippen LogP contribution in [0.4, 0.5) is 15.8 Å². The van der Waals surface area contributed by atoms with E-state index in [4.69, 9.17) is 5.73 Å². The minimum absolute atomic E-state index is 0.109. The van der Waals surface area contributed by atoms with E-state index in [1.807, 2.05) is 37.3 Å². The molecule has 1 atom stereocenters. The predicted octanol–water partition coefficient (Wildman–Crippen LogP) is 3.58. The van der Waals surface area contributed by atoms with Gasteiger partial charge in [-0.05, 0) is 30.7 Å². The molecule has 0 saturated heterocycles. The number of benzene rings is 2. The lowest BCUT2D eigenvalue weighted by Gasteiger charge is -2.16. The van der Waals surface area contributed by atoms with Gasteiger partial charge in [-0.15, -0.1) is 0 Å². The third-order valence-electron chi connectivity index (χ3n) is 2.60. The van der Waals surface area contributed by atoms with Crippen molar-refractivity contribution in [2.45, 2.75) is 13.0 Å². The molecule has 88 valence electrons. The lowest BCUT2D eigenvalue weighted by molar-refractivity contribution is 0.628. The summed E-state index contributed by atoms with van der Waals surface area (Å²) in [6.07, 6.45) is 0. The molecular formula is C14H15FN2. The number of halogens is 1. The summed E-state index contributed by atoms with van der Waals surface area (Å²) in [6.45, 7) is 2.02. The molecule has 2 nitrogen and oxygen atoms in total. The Morgan fingerprint density at radius 1 is 1.12 bits per heavy atom. The molecule has 0 radical (unpaired) electrons. The van der Waals surface area contributed by atoms with Crippen molar-refractivity contribution in [3.8, 4) is 0 Å². The molecule has 0 saturated carbocycles. The zero-order valence-corrected chi connectivity index (χ0v) is 9.65. The summed E-state index contributed by atoms with van der Waals surface area (Å²) in [5, 5.41) is 3.22. The van der Waals surface area contributed by atoms with Crippen LogP contribution in [-0.4, -0.2) is 0 Å². The molecule has 1 unspecified atom stereocenters. The zero-order chi connectivity index (χ0) is 12.3. The Labute approximate surface area is 100 Å². The number of hydrogen-bond acceptors (Lipinski definition) is 2. The second kappa shape index (κ2) is 4.87. The van der Waals surface area contributed by atoms with Crippen molar-refractivity contribution >= 4 is 11.4 Å². The van der Waals surface area contributed by atoms with E-state index in [1.54, 1.807) is 6.07 Å². The fourth-order valence-electron chi connectivity index (χ4n) is 1.77. The van der Waals surface area contributed by atoms with E-state index in [0.29, 0.717) is 11.4 Å². The quantitative estimate of drug-likeness (QED) is 0.791. The second-order valence-electron chi connectivity index (χ2n) is 4.05. The van der Waals surface area contributed by atoms with Crippen LogP contribution in [0.1, 0.15) is 18.5 Å². The highest BCUT2D eigenvalue weighted by molar-refractivity contribution is 5.55. The molecule has 0 aliphatic carbocycles. The fourth-order valence-corrected chi connectivity index (χ4v) is 1.77. The van der Waals surface area contributed by atoms with E-state index in [-0.39, 0.29) is 11.9 Å². The van der Waals surface area contributed by atoms with Gasteiger partial charge < -0.3 is 11.1 Å². The Morgan fingerprint density at radius 2 is 1.82 bits per heavy atom. The predicted molar refractivity (Wildman–Crippen MR) is 69.3 cm³/mol. The van der Waals surface area contributed by atoms with Crippen molar-refractivity contribution in [1.29, 1.82) is 0 Å². The van der Waals surface area contributed by atoms with Gasteiger partial charge in [0.25, 0.3) is 0 Å². The normalized spacial score (nSPS) is 12.1. The molecule has 0 heterocycles. The summed E-state index contributed by atoms with van der Waals surface area (Å²) < 4.78 is 13.2. The average molecular weight is 230 g/mol. The van der Waals surface area contributed by atoms with Crippen LogP contribution in [0.25, 0.3) is 0 Å². The molecule has 0 amide bonds. The molecular weight excluding hydrogens is 215 g/mol. The standard InChI is InChI=1S/C14H15FN2/c1-10(11-5-3-2-4-6-11)17-14-8-12(15)7-13(16)9-14/h2-10,17H,16H2,1H3. The van der Waals surface area contributed by atoms with Gasteiger partial charge >= 0.3 is 0 Å². The number of hydrogen-bond donors (Lipinski definition) is 2. The smallest absolute Gasteiger partial charge is 0.127 e. The number of rotatable bonds is 3. The Hall–Kier alpha value is -2.03. The zero-order valence-electron chi connectivity index (χ0n) is 9.65. The van der Waals surface area contributed by atoms with Gasteiger partial charge in [-0.1, -0.05) is 30.3 Å². The molecule has 2 aromatic carbocycles. The van der Waals surface area contributed by atoms with Crippen molar-refractivity contribution in [1.82, 2.24) is 0 Å². The van der Waals surface area contributed by atoms with Crippen molar-refractivity contribution in [2.24, 2.45) is 0 Å². The van der Waals surface area contributed by atoms with Gasteiger partial charge in [0.15, 0.2) is 0 Å². The second-order valence-corrected chi connectivity index (χ2v) is 4.05. The third kappa shape index (κ3) is 2.97. The van der Waals surface area contributed by atoms with Gasteiger partial charge in [-0.25, -0.2) is 4.39 Å². The third-order valence-corrected chi connectivity index (χ3v) is 2.60. The topological polar surface area (TPSA) is 38.0 Å². The molecule has 17 heavy (non-hydrogen) atoms. The van der Waals surface area contributed by atoms with Gasteiger partial charge in [0.2, 0.25) is 0 Å². The summed E-state index contributed by atoms with van der Waals surface area (Å²) in [4.78, 5) is 0. The molecule has 2 aromatic rings. The summed E-state index contributed by atoms with van der Waals surface area (Å²) in [6, 6.07) is 14.6. The van der Waals surface area contributed by atoms with Crippen molar-refractivity contribution in [3.05, 3.63) is 59.9 Å². The number of nitrogens with two attached hydrogens (primary N) is 1. The first-order valence-corrected chi connectivity index (χ1v) is 5.53. The molecule has 0 aliphatic heterocycles. The van der Waals surface area contributed by atoms with Crippen molar-refractivity contribution in [3.63, 3.8) is 0 Å². The minimum Gasteiger partial charge on any atom is -0.399 e. The van der Waals surface area contributed by atoms with Gasteiger partial charge in [0, 0.05) is 17.4 Å². The van der Waals surface area contributed by atoms with Gasteiger partial charge in [0.05, 0.1) is 0 Å². The van der Waals surface area contributed by atoms with Crippen LogP contribution in [0.3, 0.4) is 0 Å². The van der Waals surface area contributed by atoms with Gasteiger partial charge in [0.1, 0.15) is 5.82 Å². The number of nitrogens with one attached hydrogen (secondary N) is 1. The molecule has 3 heteroatoms. The Morgan fingerprint density at radius 3 is 2.47 bits per heavy atom. The molecule has 3 N–H and O–H groups in total. The Kier molecular flexibility index (Phi) is 3.28. The molecule has 0 bridgehead atoms. The Balaban J connectivity index is 2.16. The molecule has 0 spiro atoms. The summed E-state index contributed by atoms with van der Waals surface area (Å²) in [5.41, 5.74) is 7.86. The highest BCUT2D eigenvalue weighted by atomic mass is 19.1. The van der Waals surface area contributed by atoms with Crippen LogP contribution in [0.5, 0.6) is 0 Å². The van der Waals surface area contributed by atoms with E-state index in [9.17, 15) is 4.39 Å². The van der Waals surface area contributed by atoms with E-state index >= 15 is 0 Å². The first kappa shape index (κ1) is 11.5. The van der Waals surface area contributed by atoms with Crippen LogP contribution in [-0.2, 0) is 0 Å². The lowest BCUT2D eigenvalue weighted by Crippen LogP contribution is -2.06. The number of nitrogen functional groups attached to an aromatic ring is 1. The van der Waals surface area contributed by atoms with E-state index < -0.39 is 0 Å². The fraction of sp³-hybridized carbons (Fsp3) is 0.143. The van der Waals surface area contributed by atoms with E-state index in [0.717, 1.165) is 5.56 Å². The van der Waals surface area contributed by atoms with E-state index in [1.165, 1.54) is 12.1 Å². The minimum atomic E-state index is -0.326. The average Bonchev–Trinajstić information content (AvgIpc) is 2.28. The first-order valence-electron chi connectivity index (χ1n) is 5.53. The summed E-state index contributed by atoms with van der Waals surface area (Å²) >= 11 is 0. The van der Waals surface area contributed by atoms with Crippen LogP contribution < -0.4 is 11.1 Å². The van der Waals surface area contributed by atoms with Gasteiger partial charge in [-0.3, -0.25) is 0 Å². The van der Waals surface area contributed by atoms with Crippen LogP contribution in [0.15, 0.2) is 48.5 Å². The largest absolute Gasteiger partial charge is 0.399 e. The van der Waals surface area contributed by atoms with Crippen molar-refractivity contribution < 1.29 is 4.39 Å². The number of anilines is 2. The van der Waals surface area contributed by atoms with Crippen LogP contribution in [0.2, 0.25) is 0 Å². The first-order chi connectivity index (χ1) is 8.15. The van der Waals surface area contributed by atoms with Crippen LogP contribution >= 0.6 is 0 Å². The molecule has 0 aliphatic rings. The maximum absolute atomic E-state index is 13.2. The van der Waals surface area contributed by atoms with E-state index in [2.05, 4.69) is 5.32 Å². The summed E-state index contributed by atoms with van der Waals surface area (Å²) in [7, 11) is 0. The maximum atomic E-state index is 13.2. The Bertz CT molecular complexity index is 477. The molecule has 0 aromatic heterocycles.